The van der Waals surface area contributed by atoms with Crippen molar-refractivity contribution in [2.75, 3.05) is 19.7 Å². The Hall–Kier alpha value is -3.64. The molecular formula is C25H20FN3O2. The maximum absolute atomic E-state index is 14.0. The molecule has 0 spiro atoms. The summed E-state index contributed by atoms with van der Waals surface area (Å²) in [6.07, 6.45) is 3.00. The van der Waals surface area contributed by atoms with Gasteiger partial charge in [0.15, 0.2) is 0 Å². The van der Waals surface area contributed by atoms with Crippen LogP contribution in [0.2, 0.25) is 0 Å². The topological polar surface area (TPSA) is 55.3 Å². The van der Waals surface area contributed by atoms with Crippen LogP contribution in [0.25, 0.3) is 22.0 Å². The van der Waals surface area contributed by atoms with E-state index in [1.54, 1.807) is 35.5 Å². The second-order valence-corrected chi connectivity index (χ2v) is 7.44. The van der Waals surface area contributed by atoms with Gasteiger partial charge in [0.2, 0.25) is 0 Å². The second kappa shape index (κ2) is 8.24. The molecule has 2 aromatic carbocycles. The lowest BCUT2D eigenvalue weighted by atomic mass is 10.1. The monoisotopic (exact) mass is 413 g/mol. The molecule has 154 valence electrons. The van der Waals surface area contributed by atoms with E-state index in [1.165, 1.54) is 6.07 Å². The molecule has 0 radical (unpaired) electrons. The third kappa shape index (κ3) is 3.78. The number of halogens is 1. The van der Waals surface area contributed by atoms with Gasteiger partial charge in [0.25, 0.3) is 5.91 Å². The molecule has 1 amide bonds. The number of para-hydroxylation sites is 1. The van der Waals surface area contributed by atoms with Crippen molar-refractivity contribution in [1.82, 2.24) is 14.9 Å². The zero-order chi connectivity index (χ0) is 21.2. The van der Waals surface area contributed by atoms with Gasteiger partial charge < -0.3 is 9.64 Å². The van der Waals surface area contributed by atoms with Crippen molar-refractivity contribution in [1.29, 1.82) is 0 Å². The smallest absolute Gasteiger partial charge is 0.256 e. The van der Waals surface area contributed by atoms with E-state index < -0.39 is 0 Å². The van der Waals surface area contributed by atoms with Crippen molar-refractivity contribution in [3.05, 3.63) is 96.2 Å². The average molecular weight is 413 g/mol. The Labute approximate surface area is 179 Å². The molecule has 31 heavy (non-hydrogen) atoms. The number of aromatic nitrogens is 2. The van der Waals surface area contributed by atoms with Crippen molar-refractivity contribution in [3.63, 3.8) is 0 Å². The van der Waals surface area contributed by atoms with Gasteiger partial charge in [-0.05, 0) is 24.3 Å². The first-order valence-electron chi connectivity index (χ1n) is 10.2. The Balaban J connectivity index is 1.37. The van der Waals surface area contributed by atoms with Gasteiger partial charge in [0, 0.05) is 35.5 Å². The molecule has 6 heteroatoms. The van der Waals surface area contributed by atoms with Gasteiger partial charge in [0.05, 0.1) is 29.9 Å². The van der Waals surface area contributed by atoms with Crippen LogP contribution in [0.5, 0.6) is 0 Å². The van der Waals surface area contributed by atoms with Crippen LogP contribution >= 0.6 is 0 Å². The minimum absolute atomic E-state index is 0.0689. The summed E-state index contributed by atoms with van der Waals surface area (Å²) in [5, 5.41) is 0.934. The summed E-state index contributed by atoms with van der Waals surface area (Å²) >= 11 is 0. The number of nitrogens with zero attached hydrogens (tertiary/aromatic N) is 3. The first-order chi connectivity index (χ1) is 15.2. The number of benzene rings is 2. The zero-order valence-electron chi connectivity index (χ0n) is 16.7. The lowest BCUT2D eigenvalue weighted by Crippen LogP contribution is -2.42. The molecule has 0 saturated carbocycles. The van der Waals surface area contributed by atoms with E-state index in [0.717, 1.165) is 5.39 Å². The molecule has 3 heterocycles. The first kappa shape index (κ1) is 19.3. The number of ether oxygens (including phenoxy) is 1. The molecule has 5 nitrogen and oxygen atoms in total. The fraction of sp³-hybridized carbons (Fsp3) is 0.160. The molecule has 0 bridgehead atoms. The third-order valence-electron chi connectivity index (χ3n) is 5.52. The molecule has 5 rings (SSSR count). The van der Waals surface area contributed by atoms with E-state index in [4.69, 9.17) is 4.74 Å². The van der Waals surface area contributed by atoms with Crippen LogP contribution < -0.4 is 0 Å². The standard InChI is InChI=1S/C25H20FN3O2/c26-21-9-2-1-7-19(21)18-10-11-22(28-15-18)23-16-29(13-14-31-23)25(30)20-8-3-5-17-6-4-12-27-24(17)20/h1-12,15,23H,13-14,16H2. The fourth-order valence-electron chi connectivity index (χ4n) is 3.91. The summed E-state index contributed by atoms with van der Waals surface area (Å²) in [5.41, 5.74) is 3.21. The Morgan fingerprint density at radius 3 is 2.71 bits per heavy atom. The van der Waals surface area contributed by atoms with Gasteiger partial charge in [-0.25, -0.2) is 4.39 Å². The molecule has 1 aliphatic heterocycles. The molecule has 1 fully saturated rings. The van der Waals surface area contributed by atoms with Gasteiger partial charge in [-0.1, -0.05) is 42.5 Å². The molecule has 2 aromatic heterocycles. The number of hydrogen-bond acceptors (Lipinski definition) is 4. The van der Waals surface area contributed by atoms with Crippen LogP contribution in [0.15, 0.2) is 79.1 Å². The molecule has 0 N–H and O–H groups in total. The van der Waals surface area contributed by atoms with Crippen molar-refractivity contribution in [3.8, 4) is 11.1 Å². The van der Waals surface area contributed by atoms with Crippen molar-refractivity contribution in [2.24, 2.45) is 0 Å². The molecule has 1 aliphatic rings. The normalized spacial score (nSPS) is 16.4. The fourth-order valence-corrected chi connectivity index (χ4v) is 3.91. The Kier molecular flexibility index (Phi) is 5.14. The summed E-state index contributed by atoms with van der Waals surface area (Å²) < 4.78 is 19.9. The summed E-state index contributed by atoms with van der Waals surface area (Å²) in [5.74, 6) is -0.355. The van der Waals surface area contributed by atoms with Gasteiger partial charge >= 0.3 is 0 Å². The predicted octanol–water partition coefficient (Wildman–Crippen LogP) is 4.65. The Morgan fingerprint density at radius 2 is 1.87 bits per heavy atom. The third-order valence-corrected chi connectivity index (χ3v) is 5.52. The first-order valence-corrected chi connectivity index (χ1v) is 10.2. The van der Waals surface area contributed by atoms with Gasteiger partial charge in [-0.2, -0.15) is 0 Å². The SMILES string of the molecule is O=C(c1cccc2cccnc12)N1CCOC(c2ccc(-c3ccccc3F)cn2)C1. The summed E-state index contributed by atoms with van der Waals surface area (Å²) in [6.45, 7) is 1.32. The predicted molar refractivity (Wildman–Crippen MR) is 116 cm³/mol. The van der Waals surface area contributed by atoms with Gasteiger partial charge in [0.1, 0.15) is 11.9 Å². The van der Waals surface area contributed by atoms with E-state index in [-0.39, 0.29) is 17.8 Å². The minimum Gasteiger partial charge on any atom is -0.368 e. The zero-order valence-corrected chi connectivity index (χ0v) is 16.7. The molecular weight excluding hydrogens is 393 g/mol. The Morgan fingerprint density at radius 1 is 1.00 bits per heavy atom. The van der Waals surface area contributed by atoms with Crippen LogP contribution in [0, 0.1) is 5.82 Å². The highest BCUT2D eigenvalue weighted by molar-refractivity contribution is 6.05. The second-order valence-electron chi connectivity index (χ2n) is 7.44. The molecule has 1 saturated heterocycles. The van der Waals surface area contributed by atoms with Crippen molar-refractivity contribution >= 4 is 16.8 Å². The van der Waals surface area contributed by atoms with Crippen LogP contribution in [-0.4, -0.2) is 40.5 Å². The number of amides is 1. The maximum Gasteiger partial charge on any atom is 0.256 e. The summed E-state index contributed by atoms with van der Waals surface area (Å²) in [4.78, 5) is 23.9. The molecule has 1 unspecified atom stereocenters. The lowest BCUT2D eigenvalue weighted by Gasteiger charge is -2.33. The van der Waals surface area contributed by atoms with Crippen LogP contribution in [-0.2, 0) is 4.74 Å². The van der Waals surface area contributed by atoms with Gasteiger partial charge in [-0.15, -0.1) is 0 Å². The molecule has 1 atom stereocenters. The number of carbonyl (C=O) groups excluding carboxylic acids is 1. The van der Waals surface area contributed by atoms with E-state index >= 15 is 0 Å². The van der Waals surface area contributed by atoms with Crippen molar-refractivity contribution < 1.29 is 13.9 Å². The minimum atomic E-state index is -0.338. The van der Waals surface area contributed by atoms with Crippen LogP contribution in [0.1, 0.15) is 22.2 Å². The largest absolute Gasteiger partial charge is 0.368 e. The van der Waals surface area contributed by atoms with E-state index in [1.807, 2.05) is 42.5 Å². The summed E-state index contributed by atoms with van der Waals surface area (Å²) in [6, 6.07) is 19.7. The number of morpholine rings is 1. The molecule has 0 aliphatic carbocycles. The maximum atomic E-state index is 14.0. The van der Waals surface area contributed by atoms with Crippen LogP contribution in [0.3, 0.4) is 0 Å². The number of pyridine rings is 2. The quantitative estimate of drug-likeness (QED) is 0.491. The van der Waals surface area contributed by atoms with Crippen LogP contribution in [0.4, 0.5) is 4.39 Å². The van der Waals surface area contributed by atoms with E-state index in [0.29, 0.717) is 47.6 Å². The number of fused-ring (bicyclic) bond motifs is 1. The highest BCUT2D eigenvalue weighted by atomic mass is 19.1. The van der Waals surface area contributed by atoms with E-state index in [9.17, 15) is 9.18 Å². The number of carbonyl (C=O) groups is 1. The molecule has 4 aromatic rings. The summed E-state index contributed by atoms with van der Waals surface area (Å²) in [7, 11) is 0. The highest BCUT2D eigenvalue weighted by Crippen LogP contribution is 2.27. The average Bonchev–Trinajstić information content (AvgIpc) is 2.84. The Bertz CT molecular complexity index is 1240. The van der Waals surface area contributed by atoms with Gasteiger partial charge in [-0.3, -0.25) is 14.8 Å². The highest BCUT2D eigenvalue weighted by Gasteiger charge is 2.28. The number of hydrogen-bond donors (Lipinski definition) is 0. The van der Waals surface area contributed by atoms with Crippen molar-refractivity contribution in [2.45, 2.75) is 6.10 Å². The lowest BCUT2D eigenvalue weighted by molar-refractivity contribution is -0.0246. The number of rotatable bonds is 3. The van der Waals surface area contributed by atoms with E-state index in [2.05, 4.69) is 9.97 Å².